The molecule has 1 saturated heterocycles. The molecule has 1 aliphatic heterocycles. The second-order valence-electron chi connectivity index (χ2n) is 6.72. The van der Waals surface area contributed by atoms with Gasteiger partial charge in [-0.3, -0.25) is 9.59 Å². The normalized spacial score (nSPS) is 20.5. The lowest BCUT2D eigenvalue weighted by Gasteiger charge is -2.35. The molecule has 4 nitrogen and oxygen atoms in total. The molecular weight excluding hydrogens is 345 g/mol. The van der Waals surface area contributed by atoms with Gasteiger partial charge in [-0.2, -0.15) is 13.2 Å². The van der Waals surface area contributed by atoms with E-state index in [2.05, 4.69) is 12.2 Å². The predicted molar refractivity (Wildman–Crippen MR) is 90.4 cm³/mol. The van der Waals surface area contributed by atoms with E-state index in [1.165, 1.54) is 17.0 Å². The van der Waals surface area contributed by atoms with E-state index in [9.17, 15) is 22.8 Å². The lowest BCUT2D eigenvalue weighted by atomic mass is 10.0. The molecule has 0 bridgehead atoms. The van der Waals surface area contributed by atoms with Crippen LogP contribution in [0.2, 0.25) is 0 Å². The molecule has 26 heavy (non-hydrogen) atoms. The van der Waals surface area contributed by atoms with Crippen LogP contribution in [0.3, 0.4) is 0 Å². The number of carbonyl (C=O) groups excluding carboxylic acids is 2. The number of halogens is 3. The van der Waals surface area contributed by atoms with E-state index < -0.39 is 17.6 Å². The second kappa shape index (κ2) is 7.51. The van der Waals surface area contributed by atoms with E-state index in [4.69, 9.17) is 0 Å². The Hall–Kier alpha value is -2.31. The van der Waals surface area contributed by atoms with Crippen LogP contribution in [0.15, 0.2) is 36.4 Å². The number of rotatable bonds is 3. The van der Waals surface area contributed by atoms with Crippen LogP contribution in [0.1, 0.15) is 35.2 Å². The molecule has 140 valence electrons. The quantitative estimate of drug-likeness (QED) is 0.770. The van der Waals surface area contributed by atoms with Crippen LogP contribution < -0.4 is 0 Å². The van der Waals surface area contributed by atoms with E-state index in [0.717, 1.165) is 25.0 Å². The van der Waals surface area contributed by atoms with Crippen LogP contribution in [0.5, 0.6) is 0 Å². The highest BCUT2D eigenvalue weighted by Crippen LogP contribution is 2.30. The fourth-order valence-electron chi connectivity index (χ4n) is 3.39. The number of amides is 2. The highest BCUT2D eigenvalue weighted by molar-refractivity contribution is 5.94. The molecule has 1 aromatic carbocycles. The topological polar surface area (TPSA) is 40.6 Å². The first-order valence-electron chi connectivity index (χ1n) is 8.75. The third-order valence-electron chi connectivity index (χ3n) is 4.91. The van der Waals surface area contributed by atoms with Gasteiger partial charge in [0.1, 0.15) is 0 Å². The first kappa shape index (κ1) is 18.5. The number of benzene rings is 1. The van der Waals surface area contributed by atoms with Crippen molar-refractivity contribution in [2.75, 3.05) is 26.2 Å². The lowest BCUT2D eigenvalue weighted by Crippen LogP contribution is -2.50. The number of hydrogen-bond donors (Lipinski definition) is 0. The first-order valence-corrected chi connectivity index (χ1v) is 8.75. The Morgan fingerprint density at radius 3 is 2.38 bits per heavy atom. The van der Waals surface area contributed by atoms with Gasteiger partial charge in [0.15, 0.2) is 0 Å². The molecule has 2 aliphatic rings. The van der Waals surface area contributed by atoms with Crippen molar-refractivity contribution in [3.8, 4) is 0 Å². The molecule has 0 spiro atoms. The summed E-state index contributed by atoms with van der Waals surface area (Å²) >= 11 is 0. The van der Waals surface area contributed by atoms with Gasteiger partial charge >= 0.3 is 6.18 Å². The molecule has 1 heterocycles. The average Bonchev–Trinajstić information content (AvgIpc) is 3.13. The van der Waals surface area contributed by atoms with Gasteiger partial charge in [-0.1, -0.05) is 18.2 Å². The summed E-state index contributed by atoms with van der Waals surface area (Å²) in [6.07, 6.45) is 2.18. The number of hydrogen-bond acceptors (Lipinski definition) is 2. The van der Waals surface area contributed by atoms with E-state index in [1.807, 2.05) is 0 Å². The monoisotopic (exact) mass is 366 g/mol. The fourth-order valence-corrected chi connectivity index (χ4v) is 3.39. The Labute approximate surface area is 150 Å². The Balaban J connectivity index is 1.56. The standard InChI is InChI=1S/C19H21F3N2O2/c20-19(21,22)16-7-3-6-15(13-16)18(26)24-10-8-23(9-11-24)17(25)12-14-4-1-2-5-14/h1,3-4,6-7,13-14H,2,5,8-12H2. The van der Waals surface area contributed by atoms with Crippen LogP contribution in [-0.2, 0) is 11.0 Å². The Morgan fingerprint density at radius 2 is 1.77 bits per heavy atom. The van der Waals surface area contributed by atoms with Crippen molar-refractivity contribution >= 4 is 11.8 Å². The highest BCUT2D eigenvalue weighted by Gasteiger charge is 2.32. The van der Waals surface area contributed by atoms with Gasteiger partial charge in [-0.05, 0) is 37.0 Å². The molecule has 0 radical (unpaired) electrons. The molecule has 0 N–H and O–H groups in total. The maximum Gasteiger partial charge on any atom is 0.416 e. The van der Waals surface area contributed by atoms with Gasteiger partial charge in [0.25, 0.3) is 5.91 Å². The van der Waals surface area contributed by atoms with Gasteiger partial charge < -0.3 is 9.80 Å². The molecule has 1 aromatic rings. The molecule has 3 rings (SSSR count). The van der Waals surface area contributed by atoms with Crippen LogP contribution in [0.4, 0.5) is 13.2 Å². The molecule has 0 saturated carbocycles. The minimum atomic E-state index is -4.48. The zero-order valence-corrected chi connectivity index (χ0v) is 14.3. The van der Waals surface area contributed by atoms with E-state index >= 15 is 0 Å². The Bertz CT molecular complexity index is 707. The van der Waals surface area contributed by atoms with Crippen molar-refractivity contribution in [3.05, 3.63) is 47.5 Å². The molecule has 1 unspecified atom stereocenters. The molecular formula is C19H21F3N2O2. The molecule has 1 aliphatic carbocycles. The van der Waals surface area contributed by atoms with Gasteiger partial charge in [0, 0.05) is 38.2 Å². The average molecular weight is 366 g/mol. The SMILES string of the molecule is O=C(CC1C=CCC1)N1CCN(C(=O)c2cccc(C(F)(F)F)c2)CC1. The van der Waals surface area contributed by atoms with Gasteiger partial charge in [0.2, 0.25) is 5.91 Å². The predicted octanol–water partition coefficient (Wildman–Crippen LogP) is 3.35. The molecule has 0 aromatic heterocycles. The lowest BCUT2D eigenvalue weighted by molar-refractivity contribution is -0.137. The van der Waals surface area contributed by atoms with Gasteiger partial charge in [-0.25, -0.2) is 0 Å². The first-order chi connectivity index (χ1) is 12.3. The van der Waals surface area contributed by atoms with E-state index in [0.29, 0.717) is 38.5 Å². The summed E-state index contributed by atoms with van der Waals surface area (Å²) < 4.78 is 38.4. The Morgan fingerprint density at radius 1 is 1.08 bits per heavy atom. The van der Waals surface area contributed by atoms with Crippen molar-refractivity contribution < 1.29 is 22.8 Å². The maximum absolute atomic E-state index is 12.8. The minimum absolute atomic E-state index is 0.0238. The molecule has 1 atom stereocenters. The van der Waals surface area contributed by atoms with E-state index in [1.54, 1.807) is 4.90 Å². The second-order valence-corrected chi connectivity index (χ2v) is 6.72. The third-order valence-corrected chi connectivity index (χ3v) is 4.91. The van der Waals surface area contributed by atoms with Gasteiger partial charge in [0.05, 0.1) is 5.56 Å². The maximum atomic E-state index is 12.8. The van der Waals surface area contributed by atoms with Crippen LogP contribution in [0, 0.1) is 5.92 Å². The molecule has 1 fully saturated rings. The highest BCUT2D eigenvalue weighted by atomic mass is 19.4. The number of piperazine rings is 1. The molecule has 2 amide bonds. The van der Waals surface area contributed by atoms with Crippen molar-refractivity contribution in [1.82, 2.24) is 9.80 Å². The summed E-state index contributed by atoms with van der Waals surface area (Å²) in [5.74, 6) is -0.0538. The smallest absolute Gasteiger partial charge is 0.339 e. The van der Waals surface area contributed by atoms with Crippen LogP contribution >= 0.6 is 0 Å². The number of nitrogens with zero attached hydrogens (tertiary/aromatic N) is 2. The number of carbonyl (C=O) groups is 2. The zero-order valence-electron chi connectivity index (χ0n) is 14.3. The van der Waals surface area contributed by atoms with Gasteiger partial charge in [-0.15, -0.1) is 0 Å². The molecule has 7 heteroatoms. The number of alkyl halides is 3. The van der Waals surface area contributed by atoms with Crippen molar-refractivity contribution in [1.29, 1.82) is 0 Å². The summed E-state index contributed by atoms with van der Waals surface area (Å²) in [5.41, 5.74) is -0.808. The van der Waals surface area contributed by atoms with Crippen LogP contribution in [0.25, 0.3) is 0 Å². The van der Waals surface area contributed by atoms with Crippen LogP contribution in [-0.4, -0.2) is 47.8 Å². The third kappa shape index (κ3) is 4.26. The Kier molecular flexibility index (Phi) is 5.34. The fraction of sp³-hybridized carbons (Fsp3) is 0.474. The summed E-state index contributed by atoms with van der Waals surface area (Å²) in [7, 11) is 0. The largest absolute Gasteiger partial charge is 0.416 e. The summed E-state index contributed by atoms with van der Waals surface area (Å²) in [4.78, 5) is 28.0. The summed E-state index contributed by atoms with van der Waals surface area (Å²) in [5, 5.41) is 0. The number of allylic oxidation sites excluding steroid dienone is 2. The minimum Gasteiger partial charge on any atom is -0.339 e. The van der Waals surface area contributed by atoms with Crippen molar-refractivity contribution in [3.63, 3.8) is 0 Å². The van der Waals surface area contributed by atoms with Crippen molar-refractivity contribution in [2.24, 2.45) is 5.92 Å². The summed E-state index contributed by atoms with van der Waals surface area (Å²) in [6.45, 7) is 1.50. The van der Waals surface area contributed by atoms with E-state index in [-0.39, 0.29) is 11.5 Å². The summed E-state index contributed by atoms with van der Waals surface area (Å²) in [6, 6.07) is 4.46. The van der Waals surface area contributed by atoms with Crippen molar-refractivity contribution in [2.45, 2.75) is 25.4 Å². The zero-order chi connectivity index (χ0) is 18.7.